The number of hydrogen-bond donors (Lipinski definition) is 3. The summed E-state index contributed by atoms with van der Waals surface area (Å²) < 4.78 is 40.9. The van der Waals surface area contributed by atoms with Crippen LogP contribution in [-0.2, 0) is 10.0 Å². The van der Waals surface area contributed by atoms with Crippen molar-refractivity contribution >= 4 is 21.6 Å². The first-order chi connectivity index (χ1) is 13.8. The second-order valence-electron chi connectivity index (χ2n) is 6.68. The molecule has 1 amide bonds. The maximum Gasteiger partial charge on any atom is 0.268 e. The Labute approximate surface area is 169 Å². The minimum Gasteiger partial charge on any atom is -0.356 e. The molecule has 8 heteroatoms. The summed E-state index contributed by atoms with van der Waals surface area (Å²) in [6.45, 7) is 3.94. The van der Waals surface area contributed by atoms with Crippen molar-refractivity contribution < 1.29 is 17.6 Å². The number of aromatic amines is 1. The number of rotatable bonds is 7. The Bertz CT molecular complexity index is 1110. The smallest absolute Gasteiger partial charge is 0.268 e. The summed E-state index contributed by atoms with van der Waals surface area (Å²) in [4.78, 5) is 15.1. The summed E-state index contributed by atoms with van der Waals surface area (Å²) in [7, 11) is -4.04. The Morgan fingerprint density at radius 3 is 2.48 bits per heavy atom. The molecule has 1 aromatic heterocycles. The van der Waals surface area contributed by atoms with Crippen LogP contribution in [0.4, 0.5) is 10.1 Å². The van der Waals surface area contributed by atoms with Crippen LogP contribution in [0.15, 0.2) is 65.7 Å². The molecule has 3 rings (SSSR count). The highest BCUT2D eigenvalue weighted by molar-refractivity contribution is 7.92. The summed E-state index contributed by atoms with van der Waals surface area (Å²) in [5.41, 5.74) is 2.03. The fourth-order valence-corrected chi connectivity index (χ4v) is 3.92. The van der Waals surface area contributed by atoms with E-state index in [9.17, 15) is 17.6 Å². The fourth-order valence-electron chi connectivity index (χ4n) is 2.86. The van der Waals surface area contributed by atoms with E-state index in [-0.39, 0.29) is 22.3 Å². The van der Waals surface area contributed by atoms with Crippen molar-refractivity contribution in [2.75, 3.05) is 4.72 Å². The van der Waals surface area contributed by atoms with Crippen LogP contribution in [0.1, 0.15) is 41.0 Å². The molecule has 3 aromatic rings. The van der Waals surface area contributed by atoms with E-state index in [1.165, 1.54) is 30.5 Å². The topological polar surface area (TPSA) is 91.1 Å². The zero-order valence-electron chi connectivity index (χ0n) is 16.1. The van der Waals surface area contributed by atoms with Gasteiger partial charge in [-0.3, -0.25) is 9.52 Å². The van der Waals surface area contributed by atoms with Crippen molar-refractivity contribution in [1.82, 2.24) is 10.3 Å². The highest BCUT2D eigenvalue weighted by atomic mass is 32.2. The molecule has 0 aliphatic rings. The zero-order chi connectivity index (χ0) is 21.0. The predicted molar refractivity (Wildman–Crippen MR) is 110 cm³/mol. The van der Waals surface area contributed by atoms with Gasteiger partial charge in [0.1, 0.15) is 16.4 Å². The maximum atomic E-state index is 13.7. The number of sulfonamides is 1. The van der Waals surface area contributed by atoms with Crippen LogP contribution in [0.25, 0.3) is 0 Å². The number of hydrogen-bond acceptors (Lipinski definition) is 3. The van der Waals surface area contributed by atoms with Gasteiger partial charge in [-0.05, 0) is 37.1 Å². The van der Waals surface area contributed by atoms with Gasteiger partial charge in [-0.25, -0.2) is 12.8 Å². The Hall–Kier alpha value is -3.13. The lowest BCUT2D eigenvalue weighted by molar-refractivity contribution is 0.0931. The molecular formula is C21H22FN3O3S. The minimum absolute atomic E-state index is 0.101. The SMILES string of the molecule is CC[C@@H](NC(=O)c1cc(S(=O)(=O)Nc2ccccc2F)c[nH]1)c1ccc(C)cc1. The monoisotopic (exact) mass is 415 g/mol. The number of nitrogens with one attached hydrogen (secondary N) is 3. The van der Waals surface area contributed by atoms with E-state index in [1.54, 1.807) is 0 Å². The summed E-state index contributed by atoms with van der Waals surface area (Å²) in [5.74, 6) is -1.11. The van der Waals surface area contributed by atoms with Crippen LogP contribution in [0.5, 0.6) is 0 Å². The molecule has 2 aromatic carbocycles. The molecule has 6 nitrogen and oxygen atoms in total. The summed E-state index contributed by atoms with van der Waals surface area (Å²) in [6.07, 6.45) is 1.88. The van der Waals surface area contributed by atoms with Crippen LogP contribution >= 0.6 is 0 Å². The van der Waals surface area contributed by atoms with Crippen LogP contribution in [0.3, 0.4) is 0 Å². The second kappa shape index (κ2) is 8.48. The molecule has 0 saturated heterocycles. The molecule has 0 unspecified atom stereocenters. The van der Waals surface area contributed by atoms with Crippen molar-refractivity contribution in [3.8, 4) is 0 Å². The first-order valence-corrected chi connectivity index (χ1v) is 10.6. The Morgan fingerprint density at radius 1 is 1.14 bits per heavy atom. The van der Waals surface area contributed by atoms with E-state index in [4.69, 9.17) is 0 Å². The van der Waals surface area contributed by atoms with Gasteiger partial charge in [0.25, 0.3) is 15.9 Å². The van der Waals surface area contributed by atoms with E-state index in [0.29, 0.717) is 6.42 Å². The molecule has 0 aliphatic carbocycles. The van der Waals surface area contributed by atoms with Crippen LogP contribution in [0, 0.1) is 12.7 Å². The molecule has 29 heavy (non-hydrogen) atoms. The molecule has 1 heterocycles. The Kier molecular flexibility index (Phi) is 6.03. The molecule has 0 spiro atoms. The number of para-hydroxylation sites is 1. The average molecular weight is 415 g/mol. The van der Waals surface area contributed by atoms with Gasteiger partial charge in [0.2, 0.25) is 0 Å². The van der Waals surface area contributed by atoms with Gasteiger partial charge >= 0.3 is 0 Å². The van der Waals surface area contributed by atoms with Crippen molar-refractivity contribution in [2.45, 2.75) is 31.2 Å². The number of carbonyl (C=O) groups excluding carboxylic acids is 1. The molecule has 1 atom stereocenters. The molecule has 0 radical (unpaired) electrons. The van der Waals surface area contributed by atoms with Gasteiger partial charge in [0, 0.05) is 6.20 Å². The van der Waals surface area contributed by atoms with Crippen LogP contribution in [-0.4, -0.2) is 19.3 Å². The average Bonchev–Trinajstić information content (AvgIpc) is 3.20. The number of benzene rings is 2. The minimum atomic E-state index is -4.04. The Balaban J connectivity index is 1.75. The highest BCUT2D eigenvalue weighted by Gasteiger charge is 2.21. The molecule has 3 N–H and O–H groups in total. The van der Waals surface area contributed by atoms with E-state index < -0.39 is 21.7 Å². The van der Waals surface area contributed by atoms with Crippen molar-refractivity contribution in [3.05, 3.63) is 83.4 Å². The molecule has 0 saturated carbocycles. The van der Waals surface area contributed by atoms with Crippen molar-refractivity contribution in [3.63, 3.8) is 0 Å². The normalized spacial score (nSPS) is 12.4. The van der Waals surface area contributed by atoms with E-state index in [0.717, 1.165) is 17.2 Å². The predicted octanol–water partition coefficient (Wildman–Crippen LogP) is 4.14. The van der Waals surface area contributed by atoms with Crippen molar-refractivity contribution in [1.29, 1.82) is 0 Å². The molecule has 0 aliphatic heterocycles. The van der Waals surface area contributed by atoms with E-state index >= 15 is 0 Å². The number of amides is 1. The van der Waals surface area contributed by atoms with Gasteiger partial charge in [0.05, 0.1) is 11.7 Å². The summed E-state index contributed by atoms with van der Waals surface area (Å²) >= 11 is 0. The summed E-state index contributed by atoms with van der Waals surface area (Å²) in [6, 6.07) is 14.3. The zero-order valence-corrected chi connectivity index (χ0v) is 16.9. The van der Waals surface area contributed by atoms with Crippen LogP contribution in [0.2, 0.25) is 0 Å². The van der Waals surface area contributed by atoms with E-state index in [2.05, 4.69) is 15.0 Å². The molecule has 0 fully saturated rings. The third-order valence-electron chi connectivity index (χ3n) is 4.52. The highest BCUT2D eigenvalue weighted by Crippen LogP contribution is 2.21. The molecular weight excluding hydrogens is 393 g/mol. The lowest BCUT2D eigenvalue weighted by atomic mass is 10.0. The lowest BCUT2D eigenvalue weighted by Gasteiger charge is -2.17. The van der Waals surface area contributed by atoms with Gasteiger partial charge in [0.15, 0.2) is 0 Å². The van der Waals surface area contributed by atoms with Gasteiger partial charge in [-0.2, -0.15) is 0 Å². The number of halogens is 1. The number of H-pyrrole nitrogens is 1. The number of aryl methyl sites for hydroxylation is 1. The lowest BCUT2D eigenvalue weighted by Crippen LogP contribution is -2.28. The summed E-state index contributed by atoms with van der Waals surface area (Å²) in [5, 5.41) is 2.90. The first kappa shape index (κ1) is 20.6. The quantitative estimate of drug-likeness (QED) is 0.542. The number of aromatic nitrogens is 1. The number of carbonyl (C=O) groups is 1. The maximum absolute atomic E-state index is 13.7. The Morgan fingerprint density at radius 2 is 1.83 bits per heavy atom. The van der Waals surface area contributed by atoms with Gasteiger partial charge in [-0.15, -0.1) is 0 Å². The molecule has 152 valence electrons. The van der Waals surface area contributed by atoms with Crippen LogP contribution < -0.4 is 10.0 Å². The van der Waals surface area contributed by atoms with E-state index in [1.807, 2.05) is 38.1 Å². The molecule has 0 bridgehead atoms. The third kappa shape index (κ3) is 4.83. The third-order valence-corrected chi connectivity index (χ3v) is 5.87. The standard InChI is InChI=1S/C21H22FN3O3S/c1-3-18(15-10-8-14(2)9-11-15)24-21(26)20-12-16(13-23-20)29(27,28)25-19-7-5-4-6-17(19)22/h4-13,18,23,25H,3H2,1-2H3,(H,24,26)/t18-/m1/s1. The largest absolute Gasteiger partial charge is 0.356 e. The second-order valence-corrected chi connectivity index (χ2v) is 8.36. The number of anilines is 1. The van der Waals surface area contributed by atoms with Gasteiger partial charge < -0.3 is 10.3 Å². The van der Waals surface area contributed by atoms with Crippen molar-refractivity contribution in [2.24, 2.45) is 0 Å². The van der Waals surface area contributed by atoms with Gasteiger partial charge in [-0.1, -0.05) is 48.9 Å². The first-order valence-electron chi connectivity index (χ1n) is 9.13. The fraction of sp³-hybridized carbons (Fsp3) is 0.190.